The summed E-state index contributed by atoms with van der Waals surface area (Å²) in [7, 11) is 0. The van der Waals surface area contributed by atoms with Crippen molar-refractivity contribution in [1.29, 1.82) is 0 Å². The van der Waals surface area contributed by atoms with Gasteiger partial charge in [0.25, 0.3) is 17.5 Å². The fourth-order valence-corrected chi connectivity index (χ4v) is 2.69. The minimum atomic E-state index is -0.630. The van der Waals surface area contributed by atoms with Crippen molar-refractivity contribution >= 4 is 40.9 Å². The van der Waals surface area contributed by atoms with E-state index in [4.69, 9.17) is 11.6 Å². The van der Waals surface area contributed by atoms with E-state index >= 15 is 0 Å². The minimum Gasteiger partial charge on any atom is -0.320 e. The molecule has 30 heavy (non-hydrogen) atoms. The molecule has 3 rings (SSSR count). The molecule has 7 nitrogen and oxygen atoms in total. The number of hydrogen-bond donors (Lipinski definition) is 2. The van der Waals surface area contributed by atoms with Crippen molar-refractivity contribution in [3.63, 3.8) is 0 Å². The van der Waals surface area contributed by atoms with Crippen LogP contribution in [-0.4, -0.2) is 16.7 Å². The van der Waals surface area contributed by atoms with Gasteiger partial charge in [-0.2, -0.15) is 0 Å². The summed E-state index contributed by atoms with van der Waals surface area (Å²) >= 11 is 5.90. The van der Waals surface area contributed by atoms with Gasteiger partial charge in [0.2, 0.25) is 0 Å². The maximum Gasteiger partial charge on any atom is 0.272 e. The number of nitro benzene ring substituents is 1. The second kappa shape index (κ2) is 9.49. The van der Waals surface area contributed by atoms with Gasteiger partial charge in [-0.3, -0.25) is 19.7 Å². The van der Waals surface area contributed by atoms with Crippen molar-refractivity contribution in [3.05, 3.63) is 111 Å². The summed E-state index contributed by atoms with van der Waals surface area (Å²) in [5, 5.41) is 16.7. The van der Waals surface area contributed by atoms with Gasteiger partial charge in [0.15, 0.2) is 0 Å². The summed E-state index contributed by atoms with van der Waals surface area (Å²) in [6.45, 7) is 0. The summed E-state index contributed by atoms with van der Waals surface area (Å²) in [5.74, 6) is -1.10. The number of nitro groups is 1. The van der Waals surface area contributed by atoms with Crippen LogP contribution in [-0.2, 0) is 4.79 Å². The maximum absolute atomic E-state index is 12.8. The zero-order valence-corrected chi connectivity index (χ0v) is 16.3. The molecule has 2 amide bonds. The van der Waals surface area contributed by atoms with E-state index in [9.17, 15) is 19.7 Å². The summed E-state index contributed by atoms with van der Waals surface area (Å²) in [5.41, 5.74) is 1.05. The van der Waals surface area contributed by atoms with E-state index in [0.29, 0.717) is 16.1 Å². The quantitative estimate of drug-likeness (QED) is 0.343. The van der Waals surface area contributed by atoms with Gasteiger partial charge in [-0.05, 0) is 42.0 Å². The molecule has 3 aromatic carbocycles. The molecule has 0 bridgehead atoms. The minimum absolute atomic E-state index is 0.0299. The lowest BCUT2D eigenvalue weighted by Crippen LogP contribution is -2.30. The lowest BCUT2D eigenvalue weighted by molar-refractivity contribution is -0.384. The molecular formula is C22H16ClN3O4. The predicted molar refractivity (Wildman–Crippen MR) is 115 cm³/mol. The molecule has 150 valence electrons. The van der Waals surface area contributed by atoms with Gasteiger partial charge in [-0.25, -0.2) is 0 Å². The lowest BCUT2D eigenvalue weighted by Gasteiger charge is -2.11. The molecule has 0 saturated heterocycles. The SMILES string of the molecule is O=C(Nc1cccc([N+](=O)[O-])c1)/C(=C/c1ccc(Cl)cc1)NC(=O)c1ccccc1. The standard InChI is InChI=1S/C22H16ClN3O4/c23-17-11-9-15(10-12-17)13-20(25-21(27)16-5-2-1-3-6-16)22(28)24-18-7-4-8-19(14-18)26(29)30/h1-14H,(H,24,28)(H,25,27)/b20-13-. The molecule has 0 aromatic heterocycles. The molecule has 3 aromatic rings. The third-order valence-corrected chi connectivity index (χ3v) is 4.28. The van der Waals surface area contributed by atoms with Crippen LogP contribution in [0.5, 0.6) is 0 Å². The summed E-state index contributed by atoms with van der Waals surface area (Å²) in [4.78, 5) is 35.8. The molecule has 0 aliphatic heterocycles. The first kappa shape index (κ1) is 20.8. The van der Waals surface area contributed by atoms with E-state index < -0.39 is 16.7 Å². The Hall–Kier alpha value is -3.97. The molecule has 0 spiro atoms. The largest absolute Gasteiger partial charge is 0.320 e. The molecule has 2 N–H and O–H groups in total. The Bertz CT molecular complexity index is 1110. The second-order valence-corrected chi connectivity index (χ2v) is 6.63. The zero-order valence-electron chi connectivity index (χ0n) is 15.5. The van der Waals surface area contributed by atoms with E-state index in [2.05, 4.69) is 10.6 Å². The fourth-order valence-electron chi connectivity index (χ4n) is 2.56. The number of benzene rings is 3. The molecule has 0 saturated carbocycles. The van der Waals surface area contributed by atoms with Crippen LogP contribution in [0.3, 0.4) is 0 Å². The van der Waals surface area contributed by atoms with Crippen molar-refractivity contribution in [2.24, 2.45) is 0 Å². The molecule has 0 aliphatic carbocycles. The first-order chi connectivity index (χ1) is 14.4. The van der Waals surface area contributed by atoms with Crippen LogP contribution in [0.25, 0.3) is 6.08 Å². The van der Waals surface area contributed by atoms with Crippen molar-refractivity contribution in [3.8, 4) is 0 Å². The van der Waals surface area contributed by atoms with Crippen LogP contribution in [0.4, 0.5) is 11.4 Å². The Morgan fingerprint density at radius 2 is 1.63 bits per heavy atom. The van der Waals surface area contributed by atoms with E-state index in [1.807, 2.05) is 0 Å². The third kappa shape index (κ3) is 5.52. The average molecular weight is 422 g/mol. The monoisotopic (exact) mass is 421 g/mol. The zero-order chi connectivity index (χ0) is 21.5. The van der Waals surface area contributed by atoms with Gasteiger partial charge < -0.3 is 10.6 Å². The van der Waals surface area contributed by atoms with Crippen molar-refractivity contribution in [2.45, 2.75) is 0 Å². The van der Waals surface area contributed by atoms with E-state index in [0.717, 1.165) is 0 Å². The van der Waals surface area contributed by atoms with Crippen LogP contribution in [0.2, 0.25) is 5.02 Å². The lowest BCUT2D eigenvalue weighted by atomic mass is 10.1. The van der Waals surface area contributed by atoms with Gasteiger partial charge >= 0.3 is 0 Å². The van der Waals surface area contributed by atoms with Gasteiger partial charge in [-0.1, -0.05) is 48.0 Å². The number of anilines is 1. The predicted octanol–water partition coefficient (Wildman–Crippen LogP) is 4.66. The molecule has 8 heteroatoms. The average Bonchev–Trinajstić information content (AvgIpc) is 2.75. The number of carbonyl (C=O) groups excluding carboxylic acids is 2. The number of rotatable bonds is 6. The third-order valence-electron chi connectivity index (χ3n) is 4.02. The first-order valence-electron chi connectivity index (χ1n) is 8.82. The first-order valence-corrected chi connectivity index (χ1v) is 9.19. The highest BCUT2D eigenvalue weighted by Crippen LogP contribution is 2.18. The van der Waals surface area contributed by atoms with Gasteiger partial charge in [0.05, 0.1) is 4.92 Å². The van der Waals surface area contributed by atoms with Crippen molar-refractivity contribution < 1.29 is 14.5 Å². The Labute approximate surface area is 177 Å². The van der Waals surface area contributed by atoms with Crippen molar-refractivity contribution in [2.75, 3.05) is 5.32 Å². The fraction of sp³-hybridized carbons (Fsp3) is 0. The normalized spacial score (nSPS) is 10.9. The number of nitrogens with one attached hydrogen (secondary N) is 2. The molecular weight excluding hydrogens is 406 g/mol. The maximum atomic E-state index is 12.8. The smallest absolute Gasteiger partial charge is 0.272 e. The van der Waals surface area contributed by atoms with Gasteiger partial charge in [-0.15, -0.1) is 0 Å². The molecule has 0 atom stereocenters. The highest BCUT2D eigenvalue weighted by Gasteiger charge is 2.16. The summed E-state index contributed by atoms with van der Waals surface area (Å²) in [6.07, 6.45) is 1.49. The highest BCUT2D eigenvalue weighted by atomic mass is 35.5. The highest BCUT2D eigenvalue weighted by molar-refractivity contribution is 6.30. The molecule has 0 unspecified atom stereocenters. The van der Waals surface area contributed by atoms with Crippen LogP contribution in [0, 0.1) is 10.1 Å². The molecule has 0 fully saturated rings. The Morgan fingerprint density at radius 1 is 0.933 bits per heavy atom. The molecule has 0 heterocycles. The molecule has 0 aliphatic rings. The Balaban J connectivity index is 1.89. The number of carbonyl (C=O) groups is 2. The Kier molecular flexibility index (Phi) is 6.56. The van der Waals surface area contributed by atoms with E-state index in [1.54, 1.807) is 54.6 Å². The topological polar surface area (TPSA) is 101 Å². The van der Waals surface area contributed by atoms with E-state index in [1.165, 1.54) is 30.3 Å². The summed E-state index contributed by atoms with van der Waals surface area (Å²) < 4.78 is 0. The summed E-state index contributed by atoms with van der Waals surface area (Å²) in [6, 6.07) is 20.6. The number of nitrogens with zero attached hydrogens (tertiary/aromatic N) is 1. The van der Waals surface area contributed by atoms with Crippen LogP contribution in [0.15, 0.2) is 84.6 Å². The van der Waals surface area contributed by atoms with Crippen molar-refractivity contribution in [1.82, 2.24) is 5.32 Å². The van der Waals surface area contributed by atoms with E-state index in [-0.39, 0.29) is 17.1 Å². The van der Waals surface area contributed by atoms with Gasteiger partial charge in [0, 0.05) is 28.4 Å². The number of non-ortho nitro benzene ring substituents is 1. The molecule has 0 radical (unpaired) electrons. The second-order valence-electron chi connectivity index (χ2n) is 6.19. The Morgan fingerprint density at radius 3 is 2.30 bits per heavy atom. The number of halogens is 1. The number of amides is 2. The van der Waals surface area contributed by atoms with Gasteiger partial charge in [0.1, 0.15) is 5.70 Å². The van der Waals surface area contributed by atoms with Crippen LogP contribution < -0.4 is 10.6 Å². The van der Waals surface area contributed by atoms with Crippen LogP contribution in [0.1, 0.15) is 15.9 Å². The number of hydrogen-bond acceptors (Lipinski definition) is 4. The van der Waals surface area contributed by atoms with Crippen LogP contribution >= 0.6 is 11.6 Å².